The van der Waals surface area contributed by atoms with Crippen LogP contribution in [-0.2, 0) is 35.8 Å². The molecule has 196 valence electrons. The first kappa shape index (κ1) is 28.7. The second-order valence-corrected chi connectivity index (χ2v) is 8.42. The Morgan fingerprint density at radius 2 is 1.67 bits per heavy atom. The van der Waals surface area contributed by atoms with E-state index in [1.165, 1.54) is 11.3 Å². The number of rotatable bonds is 11. The number of carboxylic acid groups (broad SMARTS) is 2. The van der Waals surface area contributed by atoms with Gasteiger partial charge in [0.05, 0.1) is 17.9 Å². The molecule has 3 aromatic heterocycles. The molecule has 0 spiro atoms. The van der Waals surface area contributed by atoms with Crippen LogP contribution in [0.4, 0.5) is 0 Å². The third kappa shape index (κ3) is 8.29. The summed E-state index contributed by atoms with van der Waals surface area (Å²) in [5.41, 5.74) is 4.73. The Hall–Kier alpha value is -3.54. The Morgan fingerprint density at radius 3 is 2.17 bits per heavy atom. The van der Waals surface area contributed by atoms with Gasteiger partial charge in [-0.15, -0.1) is 0 Å². The molecule has 0 aromatic carbocycles. The van der Waals surface area contributed by atoms with Crippen molar-refractivity contribution < 1.29 is 34.4 Å². The largest absolute Gasteiger partial charge is 0.479 e. The van der Waals surface area contributed by atoms with E-state index in [-0.39, 0.29) is 0 Å². The molecule has 0 aliphatic rings. The van der Waals surface area contributed by atoms with E-state index in [1.54, 1.807) is 0 Å². The summed E-state index contributed by atoms with van der Waals surface area (Å²) in [4.78, 5) is 26.4. The van der Waals surface area contributed by atoms with Crippen LogP contribution in [-0.4, -0.2) is 64.2 Å². The number of hydrogen-bond acceptors (Lipinski definition) is 8. The minimum atomic E-state index is -2.27. The highest BCUT2D eigenvalue weighted by molar-refractivity contribution is 5.83. The van der Waals surface area contributed by atoms with E-state index in [2.05, 4.69) is 47.5 Å². The van der Waals surface area contributed by atoms with Gasteiger partial charge in [-0.2, -0.15) is 5.10 Å². The van der Waals surface area contributed by atoms with Gasteiger partial charge in [0.15, 0.2) is 12.2 Å². The van der Waals surface area contributed by atoms with Crippen molar-refractivity contribution in [3.63, 3.8) is 0 Å². The lowest BCUT2D eigenvalue weighted by Crippen LogP contribution is -2.39. The number of nitrogens with zero attached hydrogens (tertiary/aromatic N) is 4. The SMILES string of the molecule is CCCn1nc(C)c(CN(Cc2ccccn2)Cc2ccc(C)o2)c1C.O=C(O)C(O)C(O)C(=O)O. The Labute approximate surface area is 209 Å². The predicted molar refractivity (Wildman–Crippen MR) is 130 cm³/mol. The summed E-state index contributed by atoms with van der Waals surface area (Å²) in [6.07, 6.45) is -1.60. The minimum Gasteiger partial charge on any atom is -0.479 e. The number of aliphatic carboxylic acids is 2. The first-order valence-corrected chi connectivity index (χ1v) is 11.6. The molecule has 3 aromatic rings. The number of aromatic nitrogens is 3. The quantitative estimate of drug-likeness (QED) is 0.306. The smallest absolute Gasteiger partial charge is 0.335 e. The molecule has 0 fully saturated rings. The Morgan fingerprint density at radius 1 is 1.00 bits per heavy atom. The van der Waals surface area contributed by atoms with E-state index >= 15 is 0 Å². The van der Waals surface area contributed by atoms with E-state index in [9.17, 15) is 9.59 Å². The van der Waals surface area contributed by atoms with Gasteiger partial charge in [0.1, 0.15) is 11.5 Å². The van der Waals surface area contributed by atoms with Gasteiger partial charge in [-0.05, 0) is 51.5 Å². The standard InChI is InChI=1S/C21H28N4O.C4H6O6/c1-5-12-25-18(4)21(17(3)23-25)15-24(13-19-8-6-7-11-22-19)14-20-10-9-16(2)26-20;5-1(3(7)8)2(6)4(9)10/h6-11H,5,12-15H2,1-4H3;1-2,5-6H,(H,7,8)(H,9,10). The van der Waals surface area contributed by atoms with E-state index < -0.39 is 24.1 Å². The van der Waals surface area contributed by atoms with Crippen molar-refractivity contribution in [2.75, 3.05) is 0 Å². The second kappa shape index (κ2) is 13.5. The molecule has 0 bridgehead atoms. The molecule has 11 nitrogen and oxygen atoms in total. The lowest BCUT2D eigenvalue weighted by molar-refractivity contribution is -0.165. The van der Waals surface area contributed by atoms with E-state index in [4.69, 9.17) is 29.9 Å². The maximum absolute atomic E-state index is 9.77. The fourth-order valence-corrected chi connectivity index (χ4v) is 3.56. The predicted octanol–water partition coefficient (Wildman–Crippen LogP) is 2.29. The molecule has 0 aliphatic carbocycles. The molecule has 0 aliphatic heterocycles. The maximum atomic E-state index is 9.77. The normalized spacial score (nSPS) is 12.6. The molecular weight excluding hydrogens is 468 g/mol. The zero-order valence-corrected chi connectivity index (χ0v) is 21.0. The summed E-state index contributed by atoms with van der Waals surface area (Å²) >= 11 is 0. The van der Waals surface area contributed by atoms with Gasteiger partial charge in [0.25, 0.3) is 0 Å². The van der Waals surface area contributed by atoms with Crippen molar-refractivity contribution in [1.82, 2.24) is 19.7 Å². The first-order chi connectivity index (χ1) is 17.0. The zero-order valence-electron chi connectivity index (χ0n) is 21.0. The van der Waals surface area contributed by atoms with E-state index in [0.717, 1.165) is 55.5 Å². The third-order valence-corrected chi connectivity index (χ3v) is 5.44. The molecule has 3 rings (SSSR count). The van der Waals surface area contributed by atoms with Crippen LogP contribution >= 0.6 is 0 Å². The van der Waals surface area contributed by atoms with Gasteiger partial charge in [-0.3, -0.25) is 14.6 Å². The van der Waals surface area contributed by atoms with Crippen molar-refractivity contribution in [3.05, 3.63) is 70.7 Å². The molecule has 2 unspecified atom stereocenters. The monoisotopic (exact) mass is 502 g/mol. The zero-order chi connectivity index (χ0) is 26.8. The van der Waals surface area contributed by atoms with Gasteiger partial charge in [0, 0.05) is 37.1 Å². The Kier molecular flexibility index (Phi) is 10.8. The molecular formula is C25H34N4O7. The molecule has 0 amide bonds. The van der Waals surface area contributed by atoms with Crippen LogP contribution < -0.4 is 0 Å². The lowest BCUT2D eigenvalue weighted by atomic mass is 10.1. The van der Waals surface area contributed by atoms with Gasteiger partial charge >= 0.3 is 11.9 Å². The van der Waals surface area contributed by atoms with Crippen molar-refractivity contribution in [3.8, 4) is 0 Å². The number of aliphatic hydroxyl groups is 2. The third-order valence-electron chi connectivity index (χ3n) is 5.44. The van der Waals surface area contributed by atoms with Gasteiger partial charge in [-0.25, -0.2) is 9.59 Å². The summed E-state index contributed by atoms with van der Waals surface area (Å²) in [6, 6.07) is 10.1. The van der Waals surface area contributed by atoms with Crippen LogP contribution in [0, 0.1) is 20.8 Å². The van der Waals surface area contributed by atoms with Crippen molar-refractivity contribution in [1.29, 1.82) is 0 Å². The molecule has 4 N–H and O–H groups in total. The number of pyridine rings is 1. The molecule has 2 atom stereocenters. The van der Waals surface area contributed by atoms with Crippen LogP contribution in [0.5, 0.6) is 0 Å². The van der Waals surface area contributed by atoms with Gasteiger partial charge < -0.3 is 24.8 Å². The summed E-state index contributed by atoms with van der Waals surface area (Å²) in [7, 11) is 0. The lowest BCUT2D eigenvalue weighted by Gasteiger charge is -2.21. The number of aliphatic hydroxyl groups excluding tert-OH is 2. The van der Waals surface area contributed by atoms with Crippen molar-refractivity contribution in [2.24, 2.45) is 0 Å². The first-order valence-electron chi connectivity index (χ1n) is 11.6. The summed E-state index contributed by atoms with van der Waals surface area (Å²) in [5, 5.41) is 37.2. The average molecular weight is 503 g/mol. The second-order valence-electron chi connectivity index (χ2n) is 8.42. The van der Waals surface area contributed by atoms with Crippen LogP contribution in [0.25, 0.3) is 0 Å². The topological polar surface area (TPSA) is 162 Å². The highest BCUT2D eigenvalue weighted by Gasteiger charge is 2.29. The van der Waals surface area contributed by atoms with Gasteiger partial charge in [-0.1, -0.05) is 13.0 Å². The van der Waals surface area contributed by atoms with Crippen LogP contribution in [0.15, 0.2) is 40.9 Å². The molecule has 36 heavy (non-hydrogen) atoms. The summed E-state index contributed by atoms with van der Waals surface area (Å²) in [6.45, 7) is 11.8. The Balaban J connectivity index is 0.000000388. The highest BCUT2D eigenvalue weighted by atomic mass is 16.4. The molecule has 3 heterocycles. The number of furan rings is 1. The van der Waals surface area contributed by atoms with Crippen LogP contribution in [0.1, 0.15) is 47.5 Å². The minimum absolute atomic E-state index is 0.752. The number of hydrogen-bond donors (Lipinski definition) is 4. The van der Waals surface area contributed by atoms with Gasteiger partial charge in [0.2, 0.25) is 0 Å². The molecule has 0 radical (unpaired) electrons. The number of aryl methyl sites for hydroxylation is 3. The van der Waals surface area contributed by atoms with Crippen molar-refractivity contribution >= 4 is 11.9 Å². The number of carboxylic acids is 2. The van der Waals surface area contributed by atoms with Crippen LogP contribution in [0.2, 0.25) is 0 Å². The van der Waals surface area contributed by atoms with E-state index in [1.807, 2.05) is 31.3 Å². The Bertz CT molecular complexity index is 1110. The van der Waals surface area contributed by atoms with Crippen LogP contribution in [0.3, 0.4) is 0 Å². The number of carbonyl (C=O) groups is 2. The molecule has 0 saturated carbocycles. The average Bonchev–Trinajstić information content (AvgIpc) is 3.36. The maximum Gasteiger partial charge on any atom is 0.335 e. The fraction of sp³-hybridized carbons (Fsp3) is 0.440. The summed E-state index contributed by atoms with van der Waals surface area (Å²) in [5.74, 6) is -1.61. The fourth-order valence-electron chi connectivity index (χ4n) is 3.56. The van der Waals surface area contributed by atoms with Crippen molar-refractivity contribution in [2.45, 2.75) is 72.5 Å². The molecule has 0 saturated heterocycles. The summed E-state index contributed by atoms with van der Waals surface area (Å²) < 4.78 is 7.94. The molecule has 11 heteroatoms. The van der Waals surface area contributed by atoms with E-state index in [0.29, 0.717) is 0 Å². The highest BCUT2D eigenvalue weighted by Crippen LogP contribution is 2.20.